The number of hydrogen-bond acceptors (Lipinski definition) is 2. The molecule has 0 aromatic rings. The fraction of sp³-hybridized carbons (Fsp3) is 0.889. The third-order valence-electron chi connectivity index (χ3n) is 1.48. The zero-order valence-electron chi connectivity index (χ0n) is 9.69. The van der Waals surface area contributed by atoms with E-state index in [1.54, 1.807) is 0 Å². The fourth-order valence-corrected chi connectivity index (χ4v) is 0.640. The minimum Gasteiger partial charge on any atom is -0.370 e. The number of hydrogen-bond donors (Lipinski definition) is 2. The van der Waals surface area contributed by atoms with E-state index >= 15 is 0 Å². The summed E-state index contributed by atoms with van der Waals surface area (Å²) in [5, 5.41) is 3.34. The number of nitrogens with zero attached hydrogens (tertiary/aromatic N) is 4. The van der Waals surface area contributed by atoms with Gasteiger partial charge in [-0.15, -0.1) is 0 Å². The highest BCUT2D eigenvalue weighted by Crippen LogP contribution is 1.85. The highest BCUT2D eigenvalue weighted by atomic mass is 15.1. The predicted octanol–water partition coefficient (Wildman–Crippen LogP) is 2.16. The molecule has 88 valence electrons. The lowest BCUT2D eigenvalue weighted by atomic mass is 10.3. The smallest absolute Gasteiger partial charge is 0.185 e. The molecule has 0 bridgehead atoms. The van der Waals surface area contributed by atoms with Crippen LogP contribution < -0.4 is 11.5 Å². The third kappa shape index (κ3) is 24.5. The topological polar surface area (TPSA) is 113 Å². The van der Waals surface area contributed by atoms with Gasteiger partial charge in [0.1, 0.15) is 0 Å². The Morgan fingerprint density at radius 1 is 1.13 bits per heavy atom. The van der Waals surface area contributed by atoms with Crippen LogP contribution in [0.25, 0.3) is 10.4 Å². The van der Waals surface area contributed by atoms with E-state index in [2.05, 4.69) is 28.9 Å². The van der Waals surface area contributed by atoms with Crippen molar-refractivity contribution in [2.24, 2.45) is 21.6 Å². The molecule has 0 amide bonds. The molecule has 4 N–H and O–H groups in total. The lowest BCUT2D eigenvalue weighted by Gasteiger charge is -1.89. The van der Waals surface area contributed by atoms with E-state index in [0.717, 1.165) is 32.2 Å². The van der Waals surface area contributed by atoms with Crippen LogP contribution in [0.5, 0.6) is 0 Å². The van der Waals surface area contributed by atoms with Gasteiger partial charge in [-0.2, -0.15) is 0 Å². The molecule has 0 unspecified atom stereocenters. The Kier molecular flexibility index (Phi) is 16.1. The largest absolute Gasteiger partial charge is 0.370 e. The molecule has 0 saturated heterocycles. The fourth-order valence-electron chi connectivity index (χ4n) is 0.640. The number of nitrogens with two attached hydrogens (primary N) is 2. The summed E-state index contributed by atoms with van der Waals surface area (Å²) in [6, 6.07) is 0. The van der Waals surface area contributed by atoms with Crippen molar-refractivity contribution in [3.63, 3.8) is 0 Å². The maximum Gasteiger partial charge on any atom is 0.185 e. The van der Waals surface area contributed by atoms with Crippen molar-refractivity contribution in [3.05, 3.63) is 10.4 Å². The van der Waals surface area contributed by atoms with Crippen LogP contribution in [-0.4, -0.2) is 19.0 Å². The summed E-state index contributed by atoms with van der Waals surface area (Å²) in [5.74, 6) is 0.193. The lowest BCUT2D eigenvalue weighted by molar-refractivity contribution is 0.802. The Labute approximate surface area is 91.4 Å². The summed E-state index contributed by atoms with van der Waals surface area (Å²) in [6.07, 6.45) is 4.30. The van der Waals surface area contributed by atoms with Crippen molar-refractivity contribution < 1.29 is 0 Å². The summed E-state index contributed by atoms with van der Waals surface area (Å²) in [4.78, 5) is 6.38. The van der Waals surface area contributed by atoms with E-state index in [9.17, 15) is 0 Å². The van der Waals surface area contributed by atoms with Crippen LogP contribution in [0.15, 0.2) is 10.1 Å². The minimum absolute atomic E-state index is 0.193. The van der Waals surface area contributed by atoms with Crippen LogP contribution >= 0.6 is 0 Å². The van der Waals surface area contributed by atoms with Gasteiger partial charge in [0, 0.05) is 18.0 Å². The molecule has 0 spiro atoms. The van der Waals surface area contributed by atoms with Gasteiger partial charge in [-0.25, -0.2) is 0 Å². The van der Waals surface area contributed by atoms with Crippen LogP contribution in [0.3, 0.4) is 0 Å². The van der Waals surface area contributed by atoms with Gasteiger partial charge in [-0.3, -0.25) is 4.99 Å². The van der Waals surface area contributed by atoms with E-state index < -0.39 is 0 Å². The third-order valence-corrected chi connectivity index (χ3v) is 1.48. The zero-order valence-corrected chi connectivity index (χ0v) is 9.69. The summed E-state index contributed by atoms with van der Waals surface area (Å²) < 4.78 is 0. The molecule has 0 heterocycles. The standard InChI is InChI=1S/C5H13N3.C4H9N3/c1-2-3-4-8-5(6)7;1-2-3-4-6-7-5/h2-4H2,1H3,(H4,6,7,8);2-4H2,1H3. The second kappa shape index (κ2) is 15.1. The van der Waals surface area contributed by atoms with Gasteiger partial charge in [0.15, 0.2) is 5.96 Å². The van der Waals surface area contributed by atoms with E-state index in [1.165, 1.54) is 0 Å². The van der Waals surface area contributed by atoms with Crippen molar-refractivity contribution in [3.8, 4) is 0 Å². The van der Waals surface area contributed by atoms with Crippen LogP contribution in [-0.2, 0) is 0 Å². The number of azide groups is 1. The summed E-state index contributed by atoms with van der Waals surface area (Å²) >= 11 is 0. The van der Waals surface area contributed by atoms with Crippen LogP contribution in [0, 0.1) is 0 Å². The molecule has 0 aromatic carbocycles. The Bertz CT molecular complexity index is 191. The van der Waals surface area contributed by atoms with Gasteiger partial charge >= 0.3 is 0 Å². The zero-order chi connectivity index (χ0) is 11.9. The summed E-state index contributed by atoms with van der Waals surface area (Å²) in [6.45, 7) is 5.57. The Hall–Kier alpha value is -1.42. The number of rotatable bonds is 6. The number of aliphatic imine (C=N–C) groups is 1. The molecule has 0 rings (SSSR count). The Morgan fingerprint density at radius 2 is 1.67 bits per heavy atom. The highest BCUT2D eigenvalue weighted by molar-refractivity contribution is 5.75. The first kappa shape index (κ1) is 16.0. The van der Waals surface area contributed by atoms with Gasteiger partial charge < -0.3 is 11.5 Å². The van der Waals surface area contributed by atoms with Gasteiger partial charge in [0.25, 0.3) is 0 Å². The van der Waals surface area contributed by atoms with E-state index in [0.29, 0.717) is 6.54 Å². The Balaban J connectivity index is 0. The van der Waals surface area contributed by atoms with Crippen molar-refractivity contribution in [2.45, 2.75) is 39.5 Å². The first-order valence-corrected chi connectivity index (χ1v) is 5.25. The normalized spacial score (nSPS) is 8.13. The average Bonchev–Trinajstić information content (AvgIpc) is 2.20. The highest BCUT2D eigenvalue weighted by Gasteiger charge is 1.79. The molecule has 0 aliphatic rings. The monoisotopic (exact) mass is 214 g/mol. The molecule has 0 aromatic heterocycles. The maximum atomic E-state index is 7.75. The molecule has 0 atom stereocenters. The molecule has 0 aliphatic carbocycles. The van der Waals surface area contributed by atoms with Crippen molar-refractivity contribution in [1.82, 2.24) is 0 Å². The van der Waals surface area contributed by atoms with E-state index in [-0.39, 0.29) is 5.96 Å². The van der Waals surface area contributed by atoms with Gasteiger partial charge in [0.05, 0.1) is 0 Å². The summed E-state index contributed by atoms with van der Waals surface area (Å²) in [5.41, 5.74) is 17.9. The number of unbranched alkanes of at least 4 members (excludes halogenated alkanes) is 2. The molecule has 0 fully saturated rings. The quantitative estimate of drug-likeness (QED) is 0.176. The molecular formula is C9H22N6. The molecule has 6 nitrogen and oxygen atoms in total. The van der Waals surface area contributed by atoms with E-state index in [4.69, 9.17) is 17.0 Å². The SMILES string of the molecule is CCCCN=C(N)N.CCCCN=[N+]=[N-]. The number of guanidine groups is 1. The second-order valence-corrected chi connectivity index (χ2v) is 2.97. The van der Waals surface area contributed by atoms with Crippen molar-refractivity contribution >= 4 is 5.96 Å². The lowest BCUT2D eigenvalue weighted by Crippen LogP contribution is -2.22. The van der Waals surface area contributed by atoms with E-state index in [1.807, 2.05) is 0 Å². The van der Waals surface area contributed by atoms with Crippen LogP contribution in [0.4, 0.5) is 0 Å². The minimum atomic E-state index is 0.193. The molecular weight excluding hydrogens is 192 g/mol. The van der Waals surface area contributed by atoms with Gasteiger partial charge in [-0.1, -0.05) is 31.8 Å². The van der Waals surface area contributed by atoms with Crippen LogP contribution in [0.1, 0.15) is 39.5 Å². The molecule has 0 aliphatic heterocycles. The van der Waals surface area contributed by atoms with Crippen LogP contribution in [0.2, 0.25) is 0 Å². The summed E-state index contributed by atoms with van der Waals surface area (Å²) in [7, 11) is 0. The second-order valence-electron chi connectivity index (χ2n) is 2.97. The predicted molar refractivity (Wildman–Crippen MR) is 64.5 cm³/mol. The van der Waals surface area contributed by atoms with Gasteiger partial charge in [0.2, 0.25) is 0 Å². The first-order valence-electron chi connectivity index (χ1n) is 5.25. The maximum absolute atomic E-state index is 7.75. The molecule has 0 saturated carbocycles. The first-order chi connectivity index (χ1) is 7.18. The van der Waals surface area contributed by atoms with Crippen molar-refractivity contribution in [2.75, 3.05) is 13.1 Å². The molecule has 15 heavy (non-hydrogen) atoms. The average molecular weight is 214 g/mol. The Morgan fingerprint density at radius 3 is 2.07 bits per heavy atom. The van der Waals surface area contributed by atoms with Gasteiger partial charge in [-0.05, 0) is 18.4 Å². The molecule has 6 heteroatoms. The van der Waals surface area contributed by atoms with Crippen molar-refractivity contribution in [1.29, 1.82) is 0 Å². The molecule has 0 radical (unpaired) electrons.